The van der Waals surface area contributed by atoms with Gasteiger partial charge in [-0.25, -0.2) is 13.8 Å². The van der Waals surface area contributed by atoms with Crippen molar-refractivity contribution in [1.82, 2.24) is 4.98 Å². The van der Waals surface area contributed by atoms with E-state index in [1.165, 1.54) is 12.3 Å². The van der Waals surface area contributed by atoms with E-state index in [1.807, 2.05) is 20.8 Å². The highest BCUT2D eigenvalue weighted by molar-refractivity contribution is 5.62. The van der Waals surface area contributed by atoms with Crippen molar-refractivity contribution in [2.45, 2.75) is 26.2 Å². The van der Waals surface area contributed by atoms with Gasteiger partial charge in [0.1, 0.15) is 17.1 Å². The second-order valence-corrected chi connectivity index (χ2v) is 5.11. The number of benzene rings is 1. The third-order valence-corrected chi connectivity index (χ3v) is 2.58. The van der Waals surface area contributed by atoms with Crippen LogP contribution in [0.1, 0.15) is 26.5 Å². The van der Waals surface area contributed by atoms with Crippen LogP contribution in [0.2, 0.25) is 0 Å². The first-order valence-electron chi connectivity index (χ1n) is 5.51. The first-order chi connectivity index (χ1) is 8.30. The highest BCUT2D eigenvalue weighted by Crippen LogP contribution is 2.31. The largest absolute Gasteiger partial charge is 0.440 e. The number of hydrogen-bond acceptors (Lipinski definition) is 3. The van der Waals surface area contributed by atoms with Gasteiger partial charge in [0, 0.05) is 5.41 Å². The van der Waals surface area contributed by atoms with E-state index in [0.717, 1.165) is 6.07 Å². The molecule has 0 radical (unpaired) electrons. The number of nitrogen functional groups attached to an aromatic ring is 1. The SMILES string of the molecule is CC(C)(C)c1cnc(-c2c(F)ccc(N)c2F)o1. The fourth-order valence-corrected chi connectivity index (χ4v) is 1.50. The van der Waals surface area contributed by atoms with Crippen molar-refractivity contribution in [2.75, 3.05) is 5.73 Å². The molecule has 2 aromatic rings. The molecule has 0 saturated carbocycles. The third-order valence-electron chi connectivity index (χ3n) is 2.58. The average molecular weight is 252 g/mol. The predicted octanol–water partition coefficient (Wildman–Crippen LogP) is 3.50. The smallest absolute Gasteiger partial charge is 0.232 e. The number of oxazole rings is 1. The Balaban J connectivity index is 2.57. The molecule has 3 nitrogen and oxygen atoms in total. The Kier molecular flexibility index (Phi) is 2.84. The summed E-state index contributed by atoms with van der Waals surface area (Å²) in [6.45, 7) is 5.76. The number of anilines is 1. The number of aromatic nitrogens is 1. The first kappa shape index (κ1) is 12.5. The van der Waals surface area contributed by atoms with Gasteiger partial charge in [-0.05, 0) is 12.1 Å². The minimum Gasteiger partial charge on any atom is -0.440 e. The second-order valence-electron chi connectivity index (χ2n) is 5.11. The highest BCUT2D eigenvalue weighted by atomic mass is 19.1. The molecule has 0 bridgehead atoms. The molecule has 2 rings (SSSR count). The zero-order valence-corrected chi connectivity index (χ0v) is 10.4. The van der Waals surface area contributed by atoms with Crippen LogP contribution in [0, 0.1) is 11.6 Å². The fraction of sp³-hybridized carbons (Fsp3) is 0.308. The molecule has 96 valence electrons. The Bertz CT molecular complexity index is 585. The van der Waals surface area contributed by atoms with Crippen molar-refractivity contribution < 1.29 is 13.2 Å². The van der Waals surface area contributed by atoms with Crippen molar-refractivity contribution in [3.63, 3.8) is 0 Å². The van der Waals surface area contributed by atoms with Crippen LogP contribution < -0.4 is 5.73 Å². The van der Waals surface area contributed by atoms with Gasteiger partial charge in [-0.2, -0.15) is 0 Å². The molecular formula is C13H14F2N2O. The van der Waals surface area contributed by atoms with Gasteiger partial charge in [0.05, 0.1) is 11.9 Å². The summed E-state index contributed by atoms with van der Waals surface area (Å²) in [4.78, 5) is 3.91. The lowest BCUT2D eigenvalue weighted by Gasteiger charge is -2.13. The summed E-state index contributed by atoms with van der Waals surface area (Å²) in [6.07, 6.45) is 1.47. The zero-order chi connectivity index (χ0) is 13.5. The molecule has 2 N–H and O–H groups in total. The fourth-order valence-electron chi connectivity index (χ4n) is 1.50. The van der Waals surface area contributed by atoms with Crippen LogP contribution in [0.15, 0.2) is 22.7 Å². The lowest BCUT2D eigenvalue weighted by atomic mass is 9.94. The van der Waals surface area contributed by atoms with Crippen molar-refractivity contribution in [1.29, 1.82) is 0 Å². The quantitative estimate of drug-likeness (QED) is 0.790. The maximum atomic E-state index is 13.8. The van der Waals surface area contributed by atoms with Crippen molar-refractivity contribution >= 4 is 5.69 Å². The number of rotatable bonds is 1. The average Bonchev–Trinajstić information content (AvgIpc) is 2.73. The molecule has 18 heavy (non-hydrogen) atoms. The normalized spacial score (nSPS) is 11.8. The second kappa shape index (κ2) is 4.08. The van der Waals surface area contributed by atoms with Crippen molar-refractivity contribution in [3.8, 4) is 11.5 Å². The molecular weight excluding hydrogens is 238 g/mol. The molecule has 0 aliphatic heterocycles. The summed E-state index contributed by atoms with van der Waals surface area (Å²) in [5.41, 5.74) is 4.66. The van der Waals surface area contributed by atoms with Crippen LogP contribution in [0.25, 0.3) is 11.5 Å². The maximum Gasteiger partial charge on any atom is 0.232 e. The van der Waals surface area contributed by atoms with Crippen LogP contribution in [-0.4, -0.2) is 4.98 Å². The Labute approximate surface area is 104 Å². The van der Waals surface area contributed by atoms with E-state index in [4.69, 9.17) is 10.2 Å². The Morgan fingerprint density at radius 3 is 2.44 bits per heavy atom. The van der Waals surface area contributed by atoms with Gasteiger partial charge in [0.25, 0.3) is 0 Å². The van der Waals surface area contributed by atoms with Gasteiger partial charge >= 0.3 is 0 Å². The summed E-state index contributed by atoms with van der Waals surface area (Å²) < 4.78 is 32.8. The Morgan fingerprint density at radius 2 is 1.89 bits per heavy atom. The van der Waals surface area contributed by atoms with Gasteiger partial charge in [0.15, 0.2) is 5.82 Å². The van der Waals surface area contributed by atoms with Crippen LogP contribution >= 0.6 is 0 Å². The summed E-state index contributed by atoms with van der Waals surface area (Å²) >= 11 is 0. The van der Waals surface area contributed by atoms with Gasteiger partial charge in [-0.15, -0.1) is 0 Å². The molecule has 0 fully saturated rings. The van der Waals surface area contributed by atoms with E-state index >= 15 is 0 Å². The number of nitrogens with two attached hydrogens (primary N) is 1. The summed E-state index contributed by atoms with van der Waals surface area (Å²) in [5.74, 6) is -1.14. The highest BCUT2D eigenvalue weighted by Gasteiger charge is 2.23. The molecule has 1 aromatic heterocycles. The summed E-state index contributed by atoms with van der Waals surface area (Å²) in [7, 11) is 0. The summed E-state index contributed by atoms with van der Waals surface area (Å²) in [5, 5.41) is 0. The molecule has 0 aliphatic carbocycles. The van der Waals surface area contributed by atoms with Crippen LogP contribution in [0.3, 0.4) is 0 Å². The van der Waals surface area contributed by atoms with Crippen LogP contribution in [-0.2, 0) is 5.41 Å². The minimum absolute atomic E-state index is 0.0952. The van der Waals surface area contributed by atoms with E-state index < -0.39 is 11.6 Å². The molecule has 0 atom stereocenters. The monoisotopic (exact) mass is 252 g/mol. The van der Waals surface area contributed by atoms with Gasteiger partial charge < -0.3 is 10.2 Å². The minimum atomic E-state index is -0.850. The molecule has 1 aromatic carbocycles. The van der Waals surface area contributed by atoms with Crippen LogP contribution in [0.5, 0.6) is 0 Å². The zero-order valence-electron chi connectivity index (χ0n) is 10.4. The molecule has 0 aliphatic rings. The molecule has 0 unspecified atom stereocenters. The Hall–Kier alpha value is -1.91. The lowest BCUT2D eigenvalue weighted by molar-refractivity contribution is 0.412. The maximum absolute atomic E-state index is 13.8. The van der Waals surface area contributed by atoms with Crippen LogP contribution in [0.4, 0.5) is 14.5 Å². The van der Waals surface area contributed by atoms with E-state index in [0.29, 0.717) is 5.76 Å². The van der Waals surface area contributed by atoms with E-state index in [2.05, 4.69) is 4.98 Å². The van der Waals surface area contributed by atoms with E-state index in [1.54, 1.807) is 0 Å². The Morgan fingerprint density at radius 1 is 1.22 bits per heavy atom. The van der Waals surface area contributed by atoms with E-state index in [-0.39, 0.29) is 22.6 Å². The van der Waals surface area contributed by atoms with E-state index in [9.17, 15) is 8.78 Å². The standard InChI is InChI=1S/C13H14F2N2O/c1-13(2,3)9-6-17-12(18-9)10-7(14)4-5-8(16)11(10)15/h4-6H,16H2,1-3H3. The molecule has 0 spiro atoms. The molecule has 1 heterocycles. The lowest BCUT2D eigenvalue weighted by Crippen LogP contribution is -2.09. The number of nitrogens with zero attached hydrogens (tertiary/aromatic N) is 1. The summed E-state index contributed by atoms with van der Waals surface area (Å²) in [6, 6.07) is 2.26. The van der Waals surface area contributed by atoms with Crippen molar-refractivity contribution in [2.24, 2.45) is 0 Å². The topological polar surface area (TPSA) is 52.0 Å². The van der Waals surface area contributed by atoms with Gasteiger partial charge in [-0.3, -0.25) is 0 Å². The van der Waals surface area contributed by atoms with Gasteiger partial charge in [-0.1, -0.05) is 20.8 Å². The van der Waals surface area contributed by atoms with Crippen molar-refractivity contribution in [3.05, 3.63) is 35.7 Å². The predicted molar refractivity (Wildman–Crippen MR) is 65.0 cm³/mol. The number of halogens is 2. The third kappa shape index (κ3) is 2.08. The molecule has 0 amide bonds. The molecule has 5 heteroatoms. The molecule has 0 saturated heterocycles. The number of hydrogen-bond donors (Lipinski definition) is 1. The van der Waals surface area contributed by atoms with Gasteiger partial charge in [0.2, 0.25) is 5.89 Å². The first-order valence-corrected chi connectivity index (χ1v) is 5.51.